The molecule has 0 amide bonds. The van der Waals surface area contributed by atoms with Gasteiger partial charge in [-0.3, -0.25) is 0 Å². The van der Waals surface area contributed by atoms with Crippen LogP contribution in [0.3, 0.4) is 0 Å². The van der Waals surface area contributed by atoms with Crippen molar-refractivity contribution in [3.63, 3.8) is 0 Å². The van der Waals surface area contributed by atoms with Crippen molar-refractivity contribution in [1.82, 2.24) is 5.32 Å². The van der Waals surface area contributed by atoms with Gasteiger partial charge in [0.15, 0.2) is 0 Å². The molecule has 1 aromatic rings. The molecule has 2 atom stereocenters. The van der Waals surface area contributed by atoms with E-state index in [9.17, 15) is 5.11 Å². The quantitative estimate of drug-likeness (QED) is 0.692. The van der Waals surface area contributed by atoms with E-state index in [1.165, 1.54) is 17.5 Å². The molecular formula is C19H33NO2. The van der Waals surface area contributed by atoms with Crippen LogP contribution in [0, 0.1) is 5.92 Å². The number of hydrogen-bond acceptors (Lipinski definition) is 3. The van der Waals surface area contributed by atoms with E-state index >= 15 is 0 Å². The second kappa shape index (κ2) is 9.98. The van der Waals surface area contributed by atoms with Gasteiger partial charge in [0, 0.05) is 12.6 Å². The van der Waals surface area contributed by atoms with Gasteiger partial charge >= 0.3 is 0 Å². The lowest BCUT2D eigenvalue weighted by Crippen LogP contribution is -2.35. The van der Waals surface area contributed by atoms with Crippen LogP contribution in [0.1, 0.15) is 58.2 Å². The Kier molecular flexibility index (Phi) is 8.69. The molecule has 0 spiro atoms. The summed E-state index contributed by atoms with van der Waals surface area (Å²) in [5, 5.41) is 13.5. The molecule has 22 heavy (non-hydrogen) atoms. The molecule has 0 radical (unpaired) electrons. The zero-order valence-corrected chi connectivity index (χ0v) is 14.8. The van der Waals surface area contributed by atoms with Crippen LogP contribution < -0.4 is 5.32 Å². The number of aliphatic hydroxyl groups is 1. The summed E-state index contributed by atoms with van der Waals surface area (Å²) in [5.41, 5.74) is 2.67. The van der Waals surface area contributed by atoms with Gasteiger partial charge in [0.25, 0.3) is 0 Å². The van der Waals surface area contributed by atoms with Crippen LogP contribution in [0.5, 0.6) is 0 Å². The summed E-state index contributed by atoms with van der Waals surface area (Å²) in [6, 6.07) is 9.10. The van der Waals surface area contributed by atoms with Crippen molar-refractivity contribution in [2.75, 3.05) is 13.2 Å². The van der Waals surface area contributed by atoms with Gasteiger partial charge in [-0.15, -0.1) is 0 Å². The number of aryl methyl sites for hydroxylation is 1. The fourth-order valence-electron chi connectivity index (χ4n) is 2.54. The first-order valence-corrected chi connectivity index (χ1v) is 8.55. The van der Waals surface area contributed by atoms with E-state index in [1.54, 1.807) is 0 Å². The lowest BCUT2D eigenvalue weighted by atomic mass is 9.94. The van der Waals surface area contributed by atoms with Crippen LogP contribution in [0.15, 0.2) is 24.3 Å². The van der Waals surface area contributed by atoms with Crippen LogP contribution in [0.4, 0.5) is 0 Å². The minimum atomic E-state index is -0.469. The number of ether oxygens (including phenoxy) is 1. The van der Waals surface area contributed by atoms with Gasteiger partial charge in [0.05, 0.1) is 18.8 Å². The van der Waals surface area contributed by atoms with Crippen LogP contribution >= 0.6 is 0 Å². The molecule has 0 saturated carbocycles. The molecule has 0 saturated heterocycles. The Bertz CT molecular complexity index is 400. The van der Waals surface area contributed by atoms with E-state index in [0.29, 0.717) is 19.1 Å². The first kappa shape index (κ1) is 19.1. The summed E-state index contributed by atoms with van der Waals surface area (Å²) in [6.45, 7) is 11.5. The molecule has 1 aromatic carbocycles. The Morgan fingerprint density at radius 2 is 1.73 bits per heavy atom. The second-order valence-corrected chi connectivity index (χ2v) is 6.66. The fourth-order valence-corrected chi connectivity index (χ4v) is 2.54. The first-order chi connectivity index (χ1) is 10.4. The van der Waals surface area contributed by atoms with E-state index in [2.05, 4.69) is 50.4 Å². The molecule has 2 N–H and O–H groups in total. The minimum absolute atomic E-state index is 0.154. The fraction of sp³-hybridized carbons (Fsp3) is 0.684. The van der Waals surface area contributed by atoms with Gasteiger partial charge in [0.2, 0.25) is 0 Å². The number of nitrogens with one attached hydrogen (secondary N) is 1. The van der Waals surface area contributed by atoms with Gasteiger partial charge in [-0.1, -0.05) is 51.5 Å². The lowest BCUT2D eigenvalue weighted by Gasteiger charge is -2.25. The number of benzene rings is 1. The van der Waals surface area contributed by atoms with Crippen LogP contribution in [-0.4, -0.2) is 30.5 Å². The summed E-state index contributed by atoms with van der Waals surface area (Å²) in [4.78, 5) is 0. The van der Waals surface area contributed by atoms with Gasteiger partial charge < -0.3 is 15.2 Å². The molecule has 3 nitrogen and oxygen atoms in total. The molecule has 3 heteroatoms. The third-order valence-electron chi connectivity index (χ3n) is 3.74. The number of hydrogen-bond donors (Lipinski definition) is 2. The normalized spacial score (nSPS) is 14.5. The zero-order valence-electron chi connectivity index (χ0n) is 14.8. The van der Waals surface area contributed by atoms with E-state index in [-0.39, 0.29) is 12.1 Å². The standard InChI is InChI=1S/C19H33NO2/c1-6-7-16-8-10-17(11-9-16)19(14(2)3)20-12-18(21)13-22-15(4)5/h8-11,14-15,18-21H,6-7,12-13H2,1-5H3. The molecule has 2 unspecified atom stereocenters. The molecule has 0 bridgehead atoms. The van der Waals surface area contributed by atoms with Crippen molar-refractivity contribution < 1.29 is 9.84 Å². The van der Waals surface area contributed by atoms with Gasteiger partial charge in [-0.2, -0.15) is 0 Å². The van der Waals surface area contributed by atoms with Crippen molar-refractivity contribution in [2.24, 2.45) is 5.92 Å². The maximum atomic E-state index is 10.0. The highest BCUT2D eigenvalue weighted by Crippen LogP contribution is 2.22. The second-order valence-electron chi connectivity index (χ2n) is 6.66. The van der Waals surface area contributed by atoms with E-state index in [1.807, 2.05) is 13.8 Å². The Morgan fingerprint density at radius 3 is 2.23 bits per heavy atom. The van der Waals surface area contributed by atoms with Crippen molar-refractivity contribution in [3.05, 3.63) is 35.4 Å². The van der Waals surface area contributed by atoms with Crippen LogP contribution in [0.2, 0.25) is 0 Å². The molecule has 0 heterocycles. The number of rotatable bonds is 10. The maximum absolute atomic E-state index is 10.0. The van der Waals surface area contributed by atoms with Crippen molar-refractivity contribution in [2.45, 2.75) is 65.7 Å². The van der Waals surface area contributed by atoms with E-state index in [4.69, 9.17) is 4.74 Å². The molecular weight excluding hydrogens is 274 g/mol. The van der Waals surface area contributed by atoms with Crippen molar-refractivity contribution in [1.29, 1.82) is 0 Å². The van der Waals surface area contributed by atoms with Gasteiger partial charge in [-0.05, 0) is 37.3 Å². The highest BCUT2D eigenvalue weighted by atomic mass is 16.5. The lowest BCUT2D eigenvalue weighted by molar-refractivity contribution is 0.00488. The van der Waals surface area contributed by atoms with Crippen LogP contribution in [0.25, 0.3) is 0 Å². The highest BCUT2D eigenvalue weighted by Gasteiger charge is 2.17. The average Bonchev–Trinajstić information content (AvgIpc) is 2.47. The summed E-state index contributed by atoms with van der Waals surface area (Å²) in [7, 11) is 0. The summed E-state index contributed by atoms with van der Waals surface area (Å²) < 4.78 is 5.45. The molecule has 0 aliphatic heterocycles. The van der Waals surface area contributed by atoms with Crippen molar-refractivity contribution >= 4 is 0 Å². The maximum Gasteiger partial charge on any atom is 0.0898 e. The van der Waals surface area contributed by atoms with Gasteiger partial charge in [0.1, 0.15) is 0 Å². The molecule has 0 aliphatic rings. The van der Waals surface area contributed by atoms with E-state index < -0.39 is 6.10 Å². The van der Waals surface area contributed by atoms with Gasteiger partial charge in [-0.25, -0.2) is 0 Å². The Balaban J connectivity index is 2.57. The van der Waals surface area contributed by atoms with Crippen molar-refractivity contribution in [3.8, 4) is 0 Å². The topological polar surface area (TPSA) is 41.5 Å². The van der Waals surface area contributed by atoms with E-state index in [0.717, 1.165) is 6.42 Å². The Labute approximate surface area is 136 Å². The predicted octanol–water partition coefficient (Wildman–Crippen LogP) is 3.71. The molecule has 0 aromatic heterocycles. The largest absolute Gasteiger partial charge is 0.389 e. The third kappa shape index (κ3) is 6.91. The monoisotopic (exact) mass is 307 g/mol. The summed E-state index contributed by atoms with van der Waals surface area (Å²) >= 11 is 0. The predicted molar refractivity (Wildman–Crippen MR) is 93.1 cm³/mol. The summed E-state index contributed by atoms with van der Waals surface area (Å²) in [5.74, 6) is 0.468. The third-order valence-corrected chi connectivity index (χ3v) is 3.74. The average molecular weight is 307 g/mol. The molecule has 1 rings (SSSR count). The SMILES string of the molecule is CCCc1ccc(C(NCC(O)COC(C)C)C(C)C)cc1. The molecule has 0 fully saturated rings. The number of aliphatic hydroxyl groups excluding tert-OH is 1. The minimum Gasteiger partial charge on any atom is -0.389 e. The zero-order chi connectivity index (χ0) is 16.5. The summed E-state index contributed by atoms with van der Waals surface area (Å²) in [6.07, 6.45) is 1.99. The smallest absolute Gasteiger partial charge is 0.0898 e. The Hall–Kier alpha value is -0.900. The Morgan fingerprint density at radius 1 is 1.09 bits per heavy atom. The highest BCUT2D eigenvalue weighted by molar-refractivity contribution is 5.25. The molecule has 0 aliphatic carbocycles. The molecule has 126 valence electrons. The first-order valence-electron chi connectivity index (χ1n) is 8.55. The van der Waals surface area contributed by atoms with Crippen LogP contribution in [-0.2, 0) is 11.2 Å².